The van der Waals surface area contributed by atoms with Crippen LogP contribution in [0.1, 0.15) is 24.0 Å². The fourth-order valence-electron chi connectivity index (χ4n) is 2.18. The summed E-state index contributed by atoms with van der Waals surface area (Å²) in [5.74, 6) is 0.0337. The van der Waals surface area contributed by atoms with Crippen molar-refractivity contribution in [2.24, 2.45) is 0 Å². The van der Waals surface area contributed by atoms with Gasteiger partial charge in [0.15, 0.2) is 0 Å². The highest BCUT2D eigenvalue weighted by atomic mass is 32.2. The number of nitrogens with one attached hydrogen (secondary N) is 1. The van der Waals surface area contributed by atoms with Gasteiger partial charge in [0.25, 0.3) is 0 Å². The van der Waals surface area contributed by atoms with E-state index in [9.17, 15) is 13.5 Å². The maximum Gasteiger partial charge on any atom is 0.233 e. The average molecular weight is 305 g/mol. The number of hydrogen-bond acceptors (Lipinski definition) is 3. The molecule has 2 aromatic carbocycles. The Labute approximate surface area is 125 Å². The molecule has 0 spiro atoms. The number of anilines is 1. The van der Waals surface area contributed by atoms with Crippen LogP contribution in [-0.4, -0.2) is 19.3 Å². The summed E-state index contributed by atoms with van der Waals surface area (Å²) in [5, 5.41) is 9.35. The first-order valence-electron chi connectivity index (χ1n) is 6.72. The highest BCUT2D eigenvalue weighted by Gasteiger charge is 2.17. The second-order valence-electron chi connectivity index (χ2n) is 5.19. The van der Waals surface area contributed by atoms with Crippen molar-refractivity contribution in [3.8, 4) is 5.75 Å². The fourth-order valence-corrected chi connectivity index (χ4v) is 3.68. The lowest BCUT2D eigenvalue weighted by molar-refractivity contribution is 0.475. The van der Waals surface area contributed by atoms with Crippen LogP contribution in [0, 0.1) is 6.92 Å². The Morgan fingerprint density at radius 3 is 2.43 bits per heavy atom. The zero-order valence-corrected chi connectivity index (χ0v) is 12.9. The van der Waals surface area contributed by atoms with Gasteiger partial charge in [-0.1, -0.05) is 37.3 Å². The molecule has 21 heavy (non-hydrogen) atoms. The highest BCUT2D eigenvalue weighted by Crippen LogP contribution is 2.23. The van der Waals surface area contributed by atoms with Crippen LogP contribution in [0.4, 0.5) is 5.69 Å². The van der Waals surface area contributed by atoms with E-state index in [1.165, 1.54) is 12.1 Å². The molecule has 0 aliphatic carbocycles. The van der Waals surface area contributed by atoms with Gasteiger partial charge < -0.3 is 5.11 Å². The Morgan fingerprint density at radius 2 is 1.81 bits per heavy atom. The summed E-state index contributed by atoms with van der Waals surface area (Å²) in [5.41, 5.74) is 2.17. The Morgan fingerprint density at radius 1 is 1.14 bits per heavy atom. The molecule has 0 heterocycles. The minimum Gasteiger partial charge on any atom is -0.508 e. The van der Waals surface area contributed by atoms with Crippen LogP contribution in [0.25, 0.3) is 0 Å². The molecule has 2 aromatic rings. The summed E-state index contributed by atoms with van der Waals surface area (Å²) in [7, 11) is -3.45. The maximum absolute atomic E-state index is 12.2. The largest absolute Gasteiger partial charge is 0.508 e. The van der Waals surface area contributed by atoms with E-state index in [2.05, 4.69) is 4.72 Å². The number of sulfonamides is 1. The van der Waals surface area contributed by atoms with Gasteiger partial charge in [-0.3, -0.25) is 4.72 Å². The van der Waals surface area contributed by atoms with Gasteiger partial charge in [-0.15, -0.1) is 0 Å². The molecule has 0 bridgehead atoms. The van der Waals surface area contributed by atoms with Crippen LogP contribution in [0.15, 0.2) is 48.5 Å². The molecular weight excluding hydrogens is 286 g/mol. The quantitative estimate of drug-likeness (QED) is 0.833. The predicted molar refractivity (Wildman–Crippen MR) is 85.1 cm³/mol. The fraction of sp³-hybridized carbons (Fsp3) is 0.250. The van der Waals surface area contributed by atoms with Crippen LogP contribution < -0.4 is 4.72 Å². The van der Waals surface area contributed by atoms with Crippen LogP contribution in [0.5, 0.6) is 5.75 Å². The molecule has 0 radical (unpaired) electrons. The Hall–Kier alpha value is -2.01. The number of rotatable bonds is 5. The minimum absolute atomic E-state index is 0.0112. The molecule has 5 heteroatoms. The molecule has 1 atom stereocenters. The van der Waals surface area contributed by atoms with Gasteiger partial charge in [-0.05, 0) is 42.2 Å². The molecule has 112 valence electrons. The van der Waals surface area contributed by atoms with Crippen molar-refractivity contribution in [2.75, 3.05) is 10.5 Å². The van der Waals surface area contributed by atoms with Crippen molar-refractivity contribution in [1.29, 1.82) is 0 Å². The van der Waals surface area contributed by atoms with Crippen LogP contribution in [0.3, 0.4) is 0 Å². The van der Waals surface area contributed by atoms with Crippen LogP contribution >= 0.6 is 0 Å². The minimum atomic E-state index is -3.45. The first-order valence-corrected chi connectivity index (χ1v) is 8.37. The first-order chi connectivity index (χ1) is 9.87. The van der Waals surface area contributed by atoms with E-state index in [-0.39, 0.29) is 17.4 Å². The molecule has 0 fully saturated rings. The van der Waals surface area contributed by atoms with Crippen molar-refractivity contribution in [3.05, 3.63) is 59.7 Å². The SMILES string of the molecule is Cc1cc(O)ccc1NS(=O)(=O)CC(C)c1ccccc1. The van der Waals surface area contributed by atoms with Gasteiger partial charge in [0.05, 0.1) is 11.4 Å². The molecule has 2 N–H and O–H groups in total. The van der Waals surface area contributed by atoms with Gasteiger partial charge in [-0.25, -0.2) is 8.42 Å². The number of phenols is 1. The summed E-state index contributed by atoms with van der Waals surface area (Å²) < 4.78 is 27.1. The van der Waals surface area contributed by atoms with Crippen LogP contribution in [0.2, 0.25) is 0 Å². The molecule has 0 amide bonds. The van der Waals surface area contributed by atoms with Gasteiger partial charge in [0.2, 0.25) is 10.0 Å². The average Bonchev–Trinajstić information content (AvgIpc) is 2.42. The van der Waals surface area contributed by atoms with E-state index in [1.807, 2.05) is 37.3 Å². The molecule has 1 unspecified atom stereocenters. The zero-order valence-electron chi connectivity index (χ0n) is 12.1. The Bertz CT molecular complexity index is 712. The van der Waals surface area contributed by atoms with E-state index >= 15 is 0 Å². The zero-order chi connectivity index (χ0) is 15.5. The van der Waals surface area contributed by atoms with E-state index < -0.39 is 10.0 Å². The van der Waals surface area contributed by atoms with Crippen molar-refractivity contribution >= 4 is 15.7 Å². The van der Waals surface area contributed by atoms with Gasteiger partial charge in [0, 0.05) is 0 Å². The molecule has 4 nitrogen and oxygen atoms in total. The standard InChI is InChI=1S/C16H19NO3S/c1-12-10-15(18)8-9-16(12)17-21(19,20)11-13(2)14-6-4-3-5-7-14/h3-10,13,17-18H,11H2,1-2H3. The van der Waals surface area contributed by atoms with Gasteiger partial charge in [0.1, 0.15) is 5.75 Å². The third-order valence-corrected chi connectivity index (χ3v) is 4.78. The number of phenolic OH excluding ortho intramolecular Hbond substituents is 1. The topological polar surface area (TPSA) is 66.4 Å². The van der Waals surface area contributed by atoms with Crippen molar-refractivity contribution in [2.45, 2.75) is 19.8 Å². The molecule has 0 aliphatic rings. The van der Waals surface area contributed by atoms with Gasteiger partial charge >= 0.3 is 0 Å². The molecule has 0 aliphatic heterocycles. The van der Waals surface area contributed by atoms with E-state index in [1.54, 1.807) is 13.0 Å². The number of hydrogen-bond donors (Lipinski definition) is 2. The van der Waals surface area contributed by atoms with Crippen molar-refractivity contribution in [1.82, 2.24) is 0 Å². The molecule has 0 saturated heterocycles. The van der Waals surface area contributed by atoms with Crippen molar-refractivity contribution < 1.29 is 13.5 Å². The number of aromatic hydroxyl groups is 1. The lowest BCUT2D eigenvalue weighted by atomic mass is 10.0. The second-order valence-corrected chi connectivity index (χ2v) is 6.96. The normalized spacial score (nSPS) is 12.9. The third kappa shape index (κ3) is 4.23. The third-order valence-electron chi connectivity index (χ3n) is 3.31. The molecular formula is C16H19NO3S. The molecule has 0 aromatic heterocycles. The Balaban J connectivity index is 2.12. The lowest BCUT2D eigenvalue weighted by Crippen LogP contribution is -2.21. The maximum atomic E-state index is 12.2. The van der Waals surface area contributed by atoms with E-state index in [0.29, 0.717) is 11.3 Å². The smallest absolute Gasteiger partial charge is 0.233 e. The van der Waals surface area contributed by atoms with Crippen molar-refractivity contribution in [3.63, 3.8) is 0 Å². The molecule has 2 rings (SSSR count). The number of aryl methyl sites for hydroxylation is 1. The summed E-state index contributed by atoms with van der Waals surface area (Å²) in [4.78, 5) is 0. The predicted octanol–water partition coefficient (Wildman–Crippen LogP) is 3.25. The van der Waals surface area contributed by atoms with E-state index in [0.717, 1.165) is 5.56 Å². The second kappa shape index (κ2) is 6.18. The highest BCUT2D eigenvalue weighted by molar-refractivity contribution is 7.92. The summed E-state index contributed by atoms with van der Waals surface area (Å²) in [6.45, 7) is 3.64. The summed E-state index contributed by atoms with van der Waals surface area (Å²) in [6.07, 6.45) is 0. The monoisotopic (exact) mass is 305 g/mol. The summed E-state index contributed by atoms with van der Waals surface area (Å²) >= 11 is 0. The van der Waals surface area contributed by atoms with Crippen LogP contribution in [-0.2, 0) is 10.0 Å². The van der Waals surface area contributed by atoms with E-state index in [4.69, 9.17) is 0 Å². The van der Waals surface area contributed by atoms with Gasteiger partial charge in [-0.2, -0.15) is 0 Å². The number of benzene rings is 2. The molecule has 0 saturated carbocycles. The lowest BCUT2D eigenvalue weighted by Gasteiger charge is -2.15. The first kappa shape index (κ1) is 15.4. The Kier molecular flexibility index (Phi) is 4.53. The summed E-state index contributed by atoms with van der Waals surface area (Å²) in [6, 6.07) is 14.1.